The summed E-state index contributed by atoms with van der Waals surface area (Å²) in [5, 5.41) is 12.7. The first kappa shape index (κ1) is 28.4. The molecule has 1 aromatic carbocycles. The van der Waals surface area contributed by atoms with E-state index in [1.54, 1.807) is 36.7 Å². The van der Waals surface area contributed by atoms with Gasteiger partial charge in [-0.1, -0.05) is 24.3 Å². The summed E-state index contributed by atoms with van der Waals surface area (Å²) in [6, 6.07) is 13.6. The molecule has 1 aliphatic heterocycles. The van der Waals surface area contributed by atoms with Crippen LogP contribution < -0.4 is 21.3 Å². The van der Waals surface area contributed by atoms with Crippen molar-refractivity contribution in [3.8, 4) is 0 Å². The molecule has 4 heterocycles. The number of nitrogens with one attached hydrogen (secondary N) is 6. The van der Waals surface area contributed by atoms with Crippen LogP contribution in [0.1, 0.15) is 39.3 Å². The van der Waals surface area contributed by atoms with Gasteiger partial charge in [-0.3, -0.25) is 19.2 Å². The van der Waals surface area contributed by atoms with E-state index in [-0.39, 0.29) is 36.4 Å². The number of H-pyrrole nitrogens is 2. The number of fused-ring (bicyclic) bond motifs is 3. The minimum absolute atomic E-state index is 0.0881. The fourth-order valence-electron chi connectivity index (χ4n) is 4.90. The van der Waals surface area contributed by atoms with Gasteiger partial charge < -0.3 is 36.1 Å². The Morgan fingerprint density at radius 2 is 1.76 bits per heavy atom. The molecule has 0 fully saturated rings. The smallest absolute Gasteiger partial charge is 0.270 e. The van der Waals surface area contributed by atoms with Crippen LogP contribution in [-0.2, 0) is 16.0 Å². The predicted molar refractivity (Wildman–Crippen MR) is 158 cm³/mol. The number of para-hydroxylation sites is 1. The Bertz CT molecular complexity index is 1550. The number of carbonyl (C=O) groups excluding carboxylic acids is 4. The zero-order valence-electron chi connectivity index (χ0n) is 23.1. The molecular weight excluding hydrogens is 536 g/mol. The third-order valence-corrected chi connectivity index (χ3v) is 7.08. The SMILES string of the molecule is O=C1CN(C(=O)c2cc[nH]c2)CCCCNC(=O)[C@H](Cc2c[nH]c3ccccc23)NC(=O)c2cccc(n2)NCCN1. The van der Waals surface area contributed by atoms with Gasteiger partial charge in [0.1, 0.15) is 17.6 Å². The third kappa shape index (κ3) is 7.14. The molecule has 0 saturated heterocycles. The lowest BCUT2D eigenvalue weighted by Gasteiger charge is -2.22. The van der Waals surface area contributed by atoms with Gasteiger partial charge in [0, 0.05) is 62.1 Å². The zero-order valence-corrected chi connectivity index (χ0v) is 23.1. The van der Waals surface area contributed by atoms with Crippen LogP contribution in [0.15, 0.2) is 67.1 Å². The number of benzene rings is 1. The predicted octanol–water partition coefficient (Wildman–Crippen LogP) is 1.81. The van der Waals surface area contributed by atoms with Crippen LogP contribution in [0.25, 0.3) is 10.9 Å². The first-order chi connectivity index (χ1) is 20.5. The Hall–Kier alpha value is -5.13. The normalized spacial score (nSPS) is 17.7. The number of hydrogen-bond acceptors (Lipinski definition) is 6. The van der Waals surface area contributed by atoms with Gasteiger partial charge in [-0.05, 0) is 42.7 Å². The molecule has 0 spiro atoms. The molecule has 4 aromatic rings. The van der Waals surface area contributed by atoms with Gasteiger partial charge in [-0.15, -0.1) is 0 Å². The third-order valence-electron chi connectivity index (χ3n) is 7.08. The molecule has 1 atom stereocenters. The Morgan fingerprint density at radius 1 is 0.905 bits per heavy atom. The number of pyridine rings is 1. The summed E-state index contributed by atoms with van der Waals surface area (Å²) in [5.74, 6) is -0.865. The highest BCUT2D eigenvalue weighted by Gasteiger charge is 2.24. The number of anilines is 1. The number of carbonyl (C=O) groups is 4. The highest BCUT2D eigenvalue weighted by Crippen LogP contribution is 2.19. The van der Waals surface area contributed by atoms with E-state index < -0.39 is 11.9 Å². The van der Waals surface area contributed by atoms with Crippen molar-refractivity contribution in [1.82, 2.24) is 35.8 Å². The topological polar surface area (TPSA) is 164 Å². The summed E-state index contributed by atoms with van der Waals surface area (Å²) < 4.78 is 0. The first-order valence-corrected chi connectivity index (χ1v) is 14.0. The van der Waals surface area contributed by atoms with Crippen LogP contribution >= 0.6 is 0 Å². The second-order valence-electron chi connectivity index (χ2n) is 10.1. The maximum absolute atomic E-state index is 13.4. The Labute approximate surface area is 242 Å². The Kier molecular flexibility index (Phi) is 9.12. The van der Waals surface area contributed by atoms with E-state index in [0.717, 1.165) is 16.5 Å². The monoisotopic (exact) mass is 570 g/mol. The van der Waals surface area contributed by atoms with Crippen LogP contribution in [0.5, 0.6) is 0 Å². The number of amides is 4. The molecule has 218 valence electrons. The van der Waals surface area contributed by atoms with Crippen LogP contribution in [0.4, 0.5) is 5.82 Å². The summed E-state index contributed by atoms with van der Waals surface area (Å²) >= 11 is 0. The number of aromatic nitrogens is 3. The summed E-state index contributed by atoms with van der Waals surface area (Å²) in [6.45, 7) is 1.26. The van der Waals surface area contributed by atoms with Gasteiger partial charge in [0.15, 0.2) is 0 Å². The Balaban J connectivity index is 1.33. The lowest BCUT2D eigenvalue weighted by Crippen LogP contribution is -2.48. The second-order valence-corrected chi connectivity index (χ2v) is 10.1. The molecule has 4 amide bonds. The van der Waals surface area contributed by atoms with Crippen molar-refractivity contribution >= 4 is 40.3 Å². The van der Waals surface area contributed by atoms with Gasteiger partial charge in [-0.2, -0.15) is 0 Å². The van der Waals surface area contributed by atoms with Crippen molar-refractivity contribution in [2.24, 2.45) is 0 Å². The molecule has 42 heavy (non-hydrogen) atoms. The van der Waals surface area contributed by atoms with E-state index >= 15 is 0 Å². The van der Waals surface area contributed by atoms with E-state index in [9.17, 15) is 19.2 Å². The zero-order chi connectivity index (χ0) is 29.3. The van der Waals surface area contributed by atoms with Crippen LogP contribution in [0, 0.1) is 0 Å². The van der Waals surface area contributed by atoms with Crippen molar-refractivity contribution in [3.63, 3.8) is 0 Å². The van der Waals surface area contributed by atoms with Gasteiger partial charge in [0.2, 0.25) is 11.8 Å². The molecule has 2 bridgehead atoms. The molecule has 6 N–H and O–H groups in total. The van der Waals surface area contributed by atoms with Gasteiger partial charge in [-0.25, -0.2) is 4.98 Å². The molecule has 0 saturated carbocycles. The molecule has 0 aliphatic carbocycles. The molecule has 5 rings (SSSR count). The molecule has 0 radical (unpaired) electrons. The van der Waals surface area contributed by atoms with Crippen LogP contribution in [0.3, 0.4) is 0 Å². The number of rotatable bonds is 3. The molecule has 3 aromatic heterocycles. The standard InChI is InChI=1S/C30H34N8O4/c39-27-19-38(30(42)20-10-12-31-17-20)15-4-3-11-34-28(40)25(16-21-18-35-23-7-2-1-6-22(21)23)37-29(41)24-8-5-9-26(36-24)32-13-14-33-27/h1-2,5-10,12,17-18,25,31,35H,3-4,11,13-16,19H2,(H,32,36)(H,33,39)(H,34,40)(H,37,41)/t25-/m0/s1. The number of hydrogen-bond donors (Lipinski definition) is 6. The minimum Gasteiger partial charge on any atom is -0.368 e. The quantitative estimate of drug-likeness (QED) is 0.220. The fraction of sp³-hybridized carbons (Fsp3) is 0.300. The van der Waals surface area contributed by atoms with E-state index in [4.69, 9.17) is 0 Å². The minimum atomic E-state index is -0.842. The lowest BCUT2D eigenvalue weighted by molar-refractivity contribution is -0.123. The van der Waals surface area contributed by atoms with Crippen molar-refractivity contribution in [2.75, 3.05) is 38.0 Å². The van der Waals surface area contributed by atoms with Gasteiger partial charge in [0.05, 0.1) is 12.1 Å². The highest BCUT2D eigenvalue weighted by molar-refractivity contribution is 5.97. The maximum atomic E-state index is 13.4. The van der Waals surface area contributed by atoms with Crippen molar-refractivity contribution in [2.45, 2.75) is 25.3 Å². The van der Waals surface area contributed by atoms with Crippen molar-refractivity contribution < 1.29 is 19.2 Å². The molecule has 1 aliphatic rings. The van der Waals surface area contributed by atoms with Crippen LogP contribution in [-0.4, -0.2) is 82.2 Å². The van der Waals surface area contributed by atoms with E-state index in [2.05, 4.69) is 36.2 Å². The summed E-state index contributed by atoms with van der Waals surface area (Å²) in [4.78, 5) is 64.3. The molecule has 12 heteroatoms. The largest absolute Gasteiger partial charge is 0.368 e. The van der Waals surface area contributed by atoms with Gasteiger partial charge in [0.25, 0.3) is 11.8 Å². The van der Waals surface area contributed by atoms with Gasteiger partial charge >= 0.3 is 0 Å². The highest BCUT2D eigenvalue weighted by atomic mass is 16.2. The lowest BCUT2D eigenvalue weighted by atomic mass is 10.0. The summed E-state index contributed by atoms with van der Waals surface area (Å²) in [5.41, 5.74) is 2.49. The second kappa shape index (κ2) is 13.5. The summed E-state index contributed by atoms with van der Waals surface area (Å²) in [6.07, 6.45) is 6.54. The fourth-order valence-corrected chi connectivity index (χ4v) is 4.90. The van der Waals surface area contributed by atoms with Crippen LogP contribution in [0.2, 0.25) is 0 Å². The number of nitrogens with zero attached hydrogens (tertiary/aromatic N) is 2. The maximum Gasteiger partial charge on any atom is 0.270 e. The van der Waals surface area contributed by atoms with Crippen molar-refractivity contribution in [1.29, 1.82) is 0 Å². The van der Waals surface area contributed by atoms with Crippen molar-refractivity contribution in [3.05, 3.63) is 83.9 Å². The van der Waals surface area contributed by atoms with E-state index in [1.807, 2.05) is 30.5 Å². The average molecular weight is 571 g/mol. The molecule has 0 unspecified atom stereocenters. The first-order valence-electron chi connectivity index (χ1n) is 14.0. The Morgan fingerprint density at radius 3 is 2.62 bits per heavy atom. The average Bonchev–Trinajstić information content (AvgIpc) is 3.68. The summed E-state index contributed by atoms with van der Waals surface area (Å²) in [7, 11) is 0. The number of aromatic amines is 2. The van der Waals surface area contributed by atoms with E-state index in [0.29, 0.717) is 50.4 Å². The molecular formula is C30H34N8O4. The van der Waals surface area contributed by atoms with E-state index in [1.165, 1.54) is 4.90 Å². The molecule has 12 nitrogen and oxygen atoms in total.